The molecule has 80 valence electrons. The second kappa shape index (κ2) is 4.42. The van der Waals surface area contributed by atoms with Crippen molar-refractivity contribution in [3.05, 3.63) is 36.2 Å². The van der Waals surface area contributed by atoms with Crippen LogP contribution in [0.1, 0.15) is 18.5 Å². The molecule has 0 aliphatic rings. The quantitative estimate of drug-likeness (QED) is 0.820. The van der Waals surface area contributed by atoms with E-state index >= 15 is 0 Å². The predicted octanol–water partition coefficient (Wildman–Crippen LogP) is 1.37. The largest absolute Gasteiger partial charge is 0.380 e. The van der Waals surface area contributed by atoms with Crippen LogP contribution in [0.25, 0.3) is 5.52 Å². The van der Waals surface area contributed by atoms with E-state index in [1.807, 2.05) is 35.8 Å². The van der Waals surface area contributed by atoms with Crippen LogP contribution >= 0.6 is 0 Å². The minimum absolute atomic E-state index is 0.107. The lowest BCUT2D eigenvalue weighted by Gasteiger charge is -2.09. The van der Waals surface area contributed by atoms with Gasteiger partial charge in [0.15, 0.2) is 0 Å². The van der Waals surface area contributed by atoms with Gasteiger partial charge in [-0.05, 0) is 19.1 Å². The molecule has 0 aromatic carbocycles. The summed E-state index contributed by atoms with van der Waals surface area (Å²) in [6.07, 6.45) is 3.71. The maximum absolute atomic E-state index is 6.01. The Balaban J connectivity index is 2.27. The second-order valence-electron chi connectivity index (χ2n) is 3.40. The molecule has 0 aliphatic carbocycles. The molecule has 1 unspecified atom stereocenters. The number of nitrogens with zero attached hydrogens (tertiary/aromatic N) is 2. The lowest BCUT2D eigenvalue weighted by atomic mass is 10.1. The number of hydrogen-bond acceptors (Lipinski definition) is 3. The summed E-state index contributed by atoms with van der Waals surface area (Å²) in [7, 11) is 0. The molecule has 4 heteroatoms. The van der Waals surface area contributed by atoms with Crippen LogP contribution < -0.4 is 5.73 Å². The zero-order valence-electron chi connectivity index (χ0n) is 8.76. The van der Waals surface area contributed by atoms with Gasteiger partial charge in [-0.25, -0.2) is 4.52 Å². The topological polar surface area (TPSA) is 52.5 Å². The standard InChI is InChI=1S/C11H15N3O/c1-2-15-8-10(12)9-7-13-14-6-4-3-5-11(9)14/h3-7,10H,2,8,12H2,1H3. The maximum Gasteiger partial charge on any atom is 0.0710 e. The molecule has 2 aromatic rings. The van der Waals surface area contributed by atoms with Crippen LogP contribution in [0.15, 0.2) is 30.6 Å². The molecule has 0 saturated heterocycles. The molecule has 2 heterocycles. The van der Waals surface area contributed by atoms with E-state index in [4.69, 9.17) is 10.5 Å². The smallest absolute Gasteiger partial charge is 0.0710 e. The van der Waals surface area contributed by atoms with Gasteiger partial charge in [0.1, 0.15) is 0 Å². The number of rotatable bonds is 4. The van der Waals surface area contributed by atoms with E-state index in [2.05, 4.69) is 5.10 Å². The van der Waals surface area contributed by atoms with Crippen molar-refractivity contribution in [2.75, 3.05) is 13.2 Å². The molecule has 0 spiro atoms. The number of hydrogen-bond donors (Lipinski definition) is 1. The van der Waals surface area contributed by atoms with Gasteiger partial charge in [0.2, 0.25) is 0 Å². The third-order valence-corrected chi connectivity index (χ3v) is 2.36. The fourth-order valence-electron chi connectivity index (χ4n) is 1.57. The van der Waals surface area contributed by atoms with Crippen molar-refractivity contribution >= 4 is 5.52 Å². The first-order chi connectivity index (χ1) is 7.33. The van der Waals surface area contributed by atoms with E-state index in [9.17, 15) is 0 Å². The Morgan fingerprint density at radius 3 is 3.20 bits per heavy atom. The monoisotopic (exact) mass is 205 g/mol. The molecule has 4 nitrogen and oxygen atoms in total. The van der Waals surface area contributed by atoms with Gasteiger partial charge in [-0.2, -0.15) is 5.10 Å². The van der Waals surface area contributed by atoms with Crippen molar-refractivity contribution in [2.24, 2.45) is 5.73 Å². The number of ether oxygens (including phenoxy) is 1. The Bertz CT molecular complexity index is 438. The van der Waals surface area contributed by atoms with Crippen molar-refractivity contribution in [3.63, 3.8) is 0 Å². The van der Waals surface area contributed by atoms with Crippen molar-refractivity contribution in [2.45, 2.75) is 13.0 Å². The summed E-state index contributed by atoms with van der Waals surface area (Å²) in [5.41, 5.74) is 8.09. The average Bonchev–Trinajstić information content (AvgIpc) is 2.69. The van der Waals surface area contributed by atoms with Crippen LogP contribution in [-0.4, -0.2) is 22.8 Å². The first kappa shape index (κ1) is 10.1. The van der Waals surface area contributed by atoms with Gasteiger partial charge >= 0.3 is 0 Å². The summed E-state index contributed by atoms with van der Waals surface area (Å²) in [6, 6.07) is 5.82. The molecule has 1 atom stereocenters. The molecule has 0 amide bonds. The first-order valence-corrected chi connectivity index (χ1v) is 5.08. The average molecular weight is 205 g/mol. The molecule has 0 saturated carbocycles. The van der Waals surface area contributed by atoms with Crippen LogP contribution in [0, 0.1) is 0 Å². The first-order valence-electron chi connectivity index (χ1n) is 5.08. The fourth-order valence-corrected chi connectivity index (χ4v) is 1.57. The van der Waals surface area contributed by atoms with Gasteiger partial charge in [-0.3, -0.25) is 0 Å². The van der Waals surface area contributed by atoms with E-state index in [0.29, 0.717) is 13.2 Å². The SMILES string of the molecule is CCOCC(N)c1cnn2ccccc12. The summed E-state index contributed by atoms with van der Waals surface area (Å²) in [6.45, 7) is 3.18. The Morgan fingerprint density at radius 2 is 2.40 bits per heavy atom. The number of fused-ring (bicyclic) bond motifs is 1. The summed E-state index contributed by atoms with van der Waals surface area (Å²) < 4.78 is 7.13. The highest BCUT2D eigenvalue weighted by Gasteiger charge is 2.11. The molecular formula is C11H15N3O. The van der Waals surface area contributed by atoms with Gasteiger partial charge in [0, 0.05) is 18.4 Å². The summed E-state index contributed by atoms with van der Waals surface area (Å²) in [5, 5.41) is 4.23. The molecule has 0 aliphatic heterocycles. The molecule has 0 bridgehead atoms. The maximum atomic E-state index is 6.01. The van der Waals surface area contributed by atoms with Crippen LogP contribution in [0.5, 0.6) is 0 Å². The van der Waals surface area contributed by atoms with Gasteiger partial charge in [-0.15, -0.1) is 0 Å². The minimum Gasteiger partial charge on any atom is -0.380 e. The third kappa shape index (κ3) is 2.00. The van der Waals surface area contributed by atoms with Gasteiger partial charge in [0.05, 0.1) is 24.4 Å². The van der Waals surface area contributed by atoms with E-state index in [1.165, 1.54) is 0 Å². The van der Waals surface area contributed by atoms with E-state index in [1.54, 1.807) is 6.20 Å². The third-order valence-electron chi connectivity index (χ3n) is 2.36. The molecule has 2 N–H and O–H groups in total. The number of nitrogens with two attached hydrogens (primary N) is 1. The molecule has 2 aromatic heterocycles. The molecular weight excluding hydrogens is 190 g/mol. The van der Waals surface area contributed by atoms with Crippen LogP contribution in [0.3, 0.4) is 0 Å². The highest BCUT2D eigenvalue weighted by molar-refractivity contribution is 5.54. The highest BCUT2D eigenvalue weighted by atomic mass is 16.5. The molecule has 2 rings (SSSR count). The highest BCUT2D eigenvalue weighted by Crippen LogP contribution is 2.16. The molecule has 15 heavy (non-hydrogen) atoms. The van der Waals surface area contributed by atoms with Crippen LogP contribution in [0.2, 0.25) is 0 Å². The lowest BCUT2D eigenvalue weighted by Crippen LogP contribution is -2.16. The van der Waals surface area contributed by atoms with Crippen molar-refractivity contribution in [1.29, 1.82) is 0 Å². The Morgan fingerprint density at radius 1 is 1.53 bits per heavy atom. The van der Waals surface area contributed by atoms with Crippen LogP contribution in [0.4, 0.5) is 0 Å². The van der Waals surface area contributed by atoms with Gasteiger partial charge < -0.3 is 10.5 Å². The van der Waals surface area contributed by atoms with E-state index in [-0.39, 0.29) is 6.04 Å². The Labute approximate surface area is 88.7 Å². The molecule has 0 radical (unpaired) electrons. The Kier molecular flexibility index (Phi) is 2.99. The zero-order chi connectivity index (χ0) is 10.7. The zero-order valence-corrected chi connectivity index (χ0v) is 8.76. The number of pyridine rings is 1. The Hall–Kier alpha value is -1.39. The minimum atomic E-state index is -0.107. The van der Waals surface area contributed by atoms with Crippen LogP contribution in [-0.2, 0) is 4.74 Å². The molecule has 0 fully saturated rings. The number of aromatic nitrogens is 2. The van der Waals surface area contributed by atoms with E-state index < -0.39 is 0 Å². The van der Waals surface area contributed by atoms with Crippen molar-refractivity contribution in [3.8, 4) is 0 Å². The fraction of sp³-hybridized carbons (Fsp3) is 0.364. The summed E-state index contributed by atoms with van der Waals surface area (Å²) >= 11 is 0. The summed E-state index contributed by atoms with van der Waals surface area (Å²) in [4.78, 5) is 0. The normalized spacial score (nSPS) is 13.2. The summed E-state index contributed by atoms with van der Waals surface area (Å²) in [5.74, 6) is 0. The van der Waals surface area contributed by atoms with Crippen molar-refractivity contribution < 1.29 is 4.74 Å². The van der Waals surface area contributed by atoms with Crippen molar-refractivity contribution in [1.82, 2.24) is 9.61 Å². The second-order valence-corrected chi connectivity index (χ2v) is 3.40. The van der Waals surface area contributed by atoms with Gasteiger partial charge in [0.25, 0.3) is 0 Å². The van der Waals surface area contributed by atoms with E-state index in [0.717, 1.165) is 11.1 Å². The predicted molar refractivity (Wildman–Crippen MR) is 58.6 cm³/mol. The van der Waals surface area contributed by atoms with Gasteiger partial charge in [-0.1, -0.05) is 6.07 Å². The lowest BCUT2D eigenvalue weighted by molar-refractivity contribution is 0.134.